The predicted octanol–water partition coefficient (Wildman–Crippen LogP) is 6.25. The number of aromatic nitrogens is 2. The quantitative estimate of drug-likeness (QED) is 0.214. The van der Waals surface area contributed by atoms with Crippen LogP contribution in [0.25, 0.3) is 11.3 Å². The summed E-state index contributed by atoms with van der Waals surface area (Å²) in [6.45, 7) is 8.99. The Hall–Kier alpha value is -4.66. The van der Waals surface area contributed by atoms with Crippen molar-refractivity contribution in [3.63, 3.8) is 0 Å². The molecule has 3 aromatic carbocycles. The lowest BCUT2D eigenvalue weighted by Gasteiger charge is -2.27. The van der Waals surface area contributed by atoms with E-state index in [4.69, 9.17) is 18.9 Å². The Labute approximate surface area is 252 Å². The summed E-state index contributed by atoms with van der Waals surface area (Å²) >= 11 is 0. The molecule has 4 aromatic rings. The molecule has 1 aliphatic rings. The fraction of sp³-hybridized carbons (Fsp3) is 0.353. The summed E-state index contributed by atoms with van der Waals surface area (Å²) in [6.07, 6.45) is 0.581. The smallest absolute Gasteiger partial charge is 0.273 e. The number of ether oxygens (including phenoxy) is 4. The van der Waals surface area contributed by atoms with Crippen molar-refractivity contribution in [1.29, 1.82) is 0 Å². The van der Waals surface area contributed by atoms with Gasteiger partial charge in [0.1, 0.15) is 17.1 Å². The topological polar surface area (TPSA) is 106 Å². The number of phenolic OH excluding ortho intramolecular Hbond substituents is 1. The molecule has 1 unspecified atom stereocenters. The lowest BCUT2D eigenvalue weighted by atomic mass is 9.93. The van der Waals surface area contributed by atoms with Gasteiger partial charge in [-0.15, -0.1) is 0 Å². The molecule has 0 fully saturated rings. The molecule has 0 saturated heterocycles. The highest BCUT2D eigenvalue weighted by molar-refractivity contribution is 6.00. The van der Waals surface area contributed by atoms with Gasteiger partial charge in [-0.2, -0.15) is 5.10 Å². The monoisotopic (exact) mass is 585 g/mol. The van der Waals surface area contributed by atoms with Crippen LogP contribution in [0.2, 0.25) is 0 Å². The number of benzene rings is 3. The molecule has 43 heavy (non-hydrogen) atoms. The van der Waals surface area contributed by atoms with Gasteiger partial charge in [0, 0.05) is 17.7 Å². The molecule has 1 atom stereocenters. The van der Waals surface area contributed by atoms with E-state index in [-0.39, 0.29) is 11.7 Å². The zero-order valence-electron chi connectivity index (χ0n) is 25.8. The molecule has 1 aliphatic heterocycles. The second kappa shape index (κ2) is 12.3. The van der Waals surface area contributed by atoms with E-state index >= 15 is 0 Å². The fourth-order valence-corrected chi connectivity index (χ4v) is 5.64. The summed E-state index contributed by atoms with van der Waals surface area (Å²) in [4.78, 5) is 15.8. The molecule has 0 radical (unpaired) electrons. The zero-order chi connectivity index (χ0) is 30.8. The standard InChI is InChI=1S/C34H39N3O6/c1-19(2)18-43-26-11-9-23(17-28(26)42-7)32-29-30(24-15-20(3)14-21(4)33(24)38)35-36-31(29)34(39)37(32)13-12-22-8-10-25(40-5)27(16-22)41-6/h8-11,14-17,19,32,38H,12-13,18H2,1-7H3,(H,35,36). The number of nitrogens with zero attached hydrogens (tertiary/aromatic N) is 2. The van der Waals surface area contributed by atoms with Crippen LogP contribution in [0.4, 0.5) is 0 Å². The Morgan fingerprint density at radius 1 is 0.930 bits per heavy atom. The van der Waals surface area contributed by atoms with Crippen LogP contribution >= 0.6 is 0 Å². The number of aromatic hydroxyl groups is 1. The number of rotatable bonds is 11. The number of aromatic amines is 1. The molecular formula is C34H39N3O6. The molecule has 2 N–H and O–H groups in total. The number of hydrogen-bond donors (Lipinski definition) is 2. The number of methoxy groups -OCH3 is 3. The summed E-state index contributed by atoms with van der Waals surface area (Å²) < 4.78 is 22.6. The second-order valence-electron chi connectivity index (χ2n) is 11.3. The third-order valence-electron chi connectivity index (χ3n) is 7.73. The summed E-state index contributed by atoms with van der Waals surface area (Å²) in [7, 11) is 4.82. The van der Waals surface area contributed by atoms with Crippen LogP contribution in [0.3, 0.4) is 0 Å². The van der Waals surface area contributed by atoms with E-state index < -0.39 is 6.04 Å². The fourth-order valence-electron chi connectivity index (χ4n) is 5.64. The lowest BCUT2D eigenvalue weighted by Crippen LogP contribution is -2.31. The van der Waals surface area contributed by atoms with Crippen molar-refractivity contribution in [3.8, 4) is 40.0 Å². The van der Waals surface area contributed by atoms with Crippen LogP contribution in [-0.2, 0) is 6.42 Å². The van der Waals surface area contributed by atoms with Crippen molar-refractivity contribution in [2.45, 2.75) is 40.2 Å². The number of phenols is 1. The van der Waals surface area contributed by atoms with Gasteiger partial charge in [0.25, 0.3) is 5.91 Å². The van der Waals surface area contributed by atoms with Crippen molar-refractivity contribution < 1.29 is 28.8 Å². The second-order valence-corrected chi connectivity index (χ2v) is 11.3. The van der Waals surface area contributed by atoms with Crippen LogP contribution in [-0.4, -0.2) is 60.6 Å². The summed E-state index contributed by atoms with van der Waals surface area (Å²) in [5.74, 6) is 2.83. The summed E-state index contributed by atoms with van der Waals surface area (Å²) in [5, 5.41) is 18.6. The molecule has 9 nitrogen and oxygen atoms in total. The Balaban J connectivity index is 1.59. The first-order valence-corrected chi connectivity index (χ1v) is 14.4. The Morgan fingerprint density at radius 2 is 1.63 bits per heavy atom. The van der Waals surface area contributed by atoms with Crippen molar-refractivity contribution in [2.24, 2.45) is 5.92 Å². The van der Waals surface area contributed by atoms with Gasteiger partial charge in [-0.25, -0.2) is 0 Å². The van der Waals surface area contributed by atoms with Crippen LogP contribution in [0.15, 0.2) is 48.5 Å². The largest absolute Gasteiger partial charge is 0.507 e. The van der Waals surface area contributed by atoms with E-state index in [9.17, 15) is 9.90 Å². The highest BCUT2D eigenvalue weighted by Crippen LogP contribution is 2.46. The number of fused-ring (bicyclic) bond motifs is 1. The highest BCUT2D eigenvalue weighted by Gasteiger charge is 2.42. The third-order valence-corrected chi connectivity index (χ3v) is 7.73. The average molecular weight is 586 g/mol. The Kier molecular flexibility index (Phi) is 8.52. The number of hydrogen-bond acceptors (Lipinski definition) is 7. The Morgan fingerprint density at radius 3 is 2.33 bits per heavy atom. The maximum absolute atomic E-state index is 14.0. The first-order chi connectivity index (χ1) is 20.7. The van der Waals surface area contributed by atoms with Gasteiger partial charge in [0.2, 0.25) is 0 Å². The first kappa shape index (κ1) is 29.8. The summed E-state index contributed by atoms with van der Waals surface area (Å²) in [5.41, 5.74) is 5.83. The van der Waals surface area contributed by atoms with Gasteiger partial charge in [-0.1, -0.05) is 32.0 Å². The zero-order valence-corrected chi connectivity index (χ0v) is 25.8. The minimum absolute atomic E-state index is 0.143. The first-order valence-electron chi connectivity index (χ1n) is 14.4. The van der Waals surface area contributed by atoms with Crippen molar-refractivity contribution in [3.05, 3.63) is 82.0 Å². The number of aryl methyl sites for hydroxylation is 2. The average Bonchev–Trinajstić information content (AvgIpc) is 3.54. The van der Waals surface area contributed by atoms with E-state index in [0.717, 1.165) is 27.8 Å². The van der Waals surface area contributed by atoms with Crippen molar-refractivity contribution in [1.82, 2.24) is 15.1 Å². The van der Waals surface area contributed by atoms with Gasteiger partial charge < -0.3 is 29.0 Å². The number of amides is 1. The molecule has 0 aliphatic carbocycles. The van der Waals surface area contributed by atoms with E-state index in [1.54, 1.807) is 21.3 Å². The maximum atomic E-state index is 14.0. The van der Waals surface area contributed by atoms with E-state index in [1.807, 2.05) is 67.3 Å². The molecular weight excluding hydrogens is 546 g/mol. The van der Waals surface area contributed by atoms with Crippen molar-refractivity contribution in [2.75, 3.05) is 34.5 Å². The number of carbonyl (C=O) groups excluding carboxylic acids is 1. The minimum atomic E-state index is -0.482. The predicted molar refractivity (Wildman–Crippen MR) is 165 cm³/mol. The van der Waals surface area contributed by atoms with Crippen LogP contribution < -0.4 is 18.9 Å². The number of H-pyrrole nitrogens is 1. The maximum Gasteiger partial charge on any atom is 0.273 e. The van der Waals surface area contributed by atoms with Gasteiger partial charge in [-0.3, -0.25) is 9.89 Å². The van der Waals surface area contributed by atoms with Gasteiger partial charge >= 0.3 is 0 Å². The lowest BCUT2D eigenvalue weighted by molar-refractivity contribution is 0.0745. The van der Waals surface area contributed by atoms with E-state index in [1.165, 1.54) is 0 Å². The molecule has 1 amide bonds. The normalized spacial score (nSPS) is 14.3. The van der Waals surface area contributed by atoms with Crippen LogP contribution in [0.1, 0.15) is 58.2 Å². The van der Waals surface area contributed by atoms with Crippen molar-refractivity contribution >= 4 is 5.91 Å². The molecule has 9 heteroatoms. The SMILES string of the molecule is COc1ccc(CCN2C(=O)c3[nH]nc(-c4cc(C)cc(C)c4O)c3C2c2ccc(OCC(C)C)c(OC)c2)cc1OC. The van der Waals surface area contributed by atoms with Crippen LogP contribution in [0, 0.1) is 19.8 Å². The number of carbonyl (C=O) groups is 1. The van der Waals surface area contributed by atoms with Gasteiger partial charge in [-0.05, 0) is 78.8 Å². The minimum Gasteiger partial charge on any atom is -0.507 e. The third kappa shape index (κ3) is 5.71. The number of nitrogens with one attached hydrogen (secondary N) is 1. The van der Waals surface area contributed by atoms with E-state index in [0.29, 0.717) is 65.4 Å². The highest BCUT2D eigenvalue weighted by atomic mass is 16.5. The molecule has 1 aromatic heterocycles. The summed E-state index contributed by atoms with van der Waals surface area (Å²) in [6, 6.07) is 14.9. The molecule has 5 rings (SSSR count). The molecule has 0 saturated carbocycles. The molecule has 2 heterocycles. The van der Waals surface area contributed by atoms with Gasteiger partial charge in [0.15, 0.2) is 23.0 Å². The van der Waals surface area contributed by atoms with Gasteiger partial charge in [0.05, 0.1) is 34.0 Å². The molecule has 226 valence electrons. The van der Waals surface area contributed by atoms with Crippen LogP contribution in [0.5, 0.6) is 28.7 Å². The molecule has 0 spiro atoms. The molecule has 0 bridgehead atoms. The van der Waals surface area contributed by atoms with E-state index in [2.05, 4.69) is 24.0 Å². The Bertz CT molecular complexity index is 1640.